The van der Waals surface area contributed by atoms with Crippen molar-refractivity contribution in [2.45, 2.75) is 39.2 Å². The molecule has 0 radical (unpaired) electrons. The zero-order chi connectivity index (χ0) is 16.6. The lowest BCUT2D eigenvalue weighted by atomic mass is 10.1. The number of hydrogen-bond donors (Lipinski definition) is 1. The van der Waals surface area contributed by atoms with Gasteiger partial charge in [-0.25, -0.2) is 12.7 Å². The number of carbonyl (C=O) groups is 1. The van der Waals surface area contributed by atoms with Crippen LogP contribution < -0.4 is 5.32 Å². The number of amides is 1. The van der Waals surface area contributed by atoms with Gasteiger partial charge in [-0.15, -0.1) is 0 Å². The number of benzene rings is 1. The molecule has 1 atom stereocenters. The number of carbonyl (C=O) groups excluding carboxylic acids is 1. The van der Waals surface area contributed by atoms with Crippen molar-refractivity contribution in [3.63, 3.8) is 0 Å². The summed E-state index contributed by atoms with van der Waals surface area (Å²) >= 11 is 0. The summed E-state index contributed by atoms with van der Waals surface area (Å²) in [5.74, 6) is -0.137. The maximum atomic E-state index is 12.0. The molecule has 0 aliphatic carbocycles. The van der Waals surface area contributed by atoms with E-state index in [1.54, 1.807) is 0 Å². The molecule has 1 N–H and O–H groups in total. The van der Waals surface area contributed by atoms with Gasteiger partial charge in [0.15, 0.2) is 0 Å². The van der Waals surface area contributed by atoms with E-state index in [2.05, 4.69) is 5.32 Å². The van der Waals surface area contributed by atoms with Crippen molar-refractivity contribution >= 4 is 15.9 Å². The summed E-state index contributed by atoms with van der Waals surface area (Å²) < 4.78 is 24.8. The lowest BCUT2D eigenvalue weighted by molar-refractivity contribution is -0.121. The van der Waals surface area contributed by atoms with Gasteiger partial charge in [0.25, 0.3) is 0 Å². The number of hydrogen-bond acceptors (Lipinski definition) is 3. The highest BCUT2D eigenvalue weighted by Crippen LogP contribution is 2.11. The molecule has 5 nitrogen and oxygen atoms in total. The summed E-state index contributed by atoms with van der Waals surface area (Å²) in [5.41, 5.74) is 1.03. The highest BCUT2D eigenvalue weighted by Gasteiger charge is 2.18. The third-order valence-electron chi connectivity index (χ3n) is 3.50. The average molecular weight is 326 g/mol. The number of unbranched alkanes of at least 4 members (excludes halogenated alkanes) is 1. The summed E-state index contributed by atoms with van der Waals surface area (Å²) in [6, 6.07) is 9.60. The van der Waals surface area contributed by atoms with Gasteiger partial charge >= 0.3 is 0 Å². The molecule has 0 spiro atoms. The minimum Gasteiger partial charge on any atom is -0.350 e. The van der Waals surface area contributed by atoms with Crippen LogP contribution in [0.15, 0.2) is 30.3 Å². The summed E-state index contributed by atoms with van der Waals surface area (Å²) in [5, 5.41) is 2.90. The van der Waals surface area contributed by atoms with Crippen LogP contribution in [0, 0.1) is 0 Å². The Hall–Kier alpha value is -1.40. The molecular formula is C16H26N2O3S. The van der Waals surface area contributed by atoms with Crippen LogP contribution in [0.3, 0.4) is 0 Å². The molecule has 1 aromatic rings. The fourth-order valence-corrected chi connectivity index (χ4v) is 3.03. The zero-order valence-electron chi connectivity index (χ0n) is 13.6. The Balaban J connectivity index is 2.50. The first-order chi connectivity index (χ1) is 10.3. The normalized spacial score (nSPS) is 13.1. The second kappa shape index (κ2) is 8.90. The molecule has 1 rings (SSSR count). The molecule has 22 heavy (non-hydrogen) atoms. The summed E-state index contributed by atoms with van der Waals surface area (Å²) in [4.78, 5) is 12.0. The van der Waals surface area contributed by atoms with Crippen molar-refractivity contribution < 1.29 is 13.2 Å². The summed E-state index contributed by atoms with van der Waals surface area (Å²) in [6.45, 7) is 4.62. The molecule has 1 aromatic carbocycles. The third-order valence-corrected chi connectivity index (χ3v) is 4.80. The van der Waals surface area contributed by atoms with Gasteiger partial charge in [-0.2, -0.15) is 0 Å². The Morgan fingerprint density at radius 1 is 1.23 bits per heavy atom. The van der Waals surface area contributed by atoms with Crippen LogP contribution in [0.2, 0.25) is 0 Å². The van der Waals surface area contributed by atoms with E-state index >= 15 is 0 Å². The molecular weight excluding hydrogens is 300 g/mol. The lowest BCUT2D eigenvalue weighted by Crippen LogP contribution is -2.35. The quantitative estimate of drug-likeness (QED) is 0.757. The number of rotatable bonds is 9. The van der Waals surface area contributed by atoms with Gasteiger partial charge in [0, 0.05) is 19.5 Å². The molecule has 0 aliphatic rings. The van der Waals surface area contributed by atoms with E-state index in [4.69, 9.17) is 0 Å². The van der Waals surface area contributed by atoms with Gasteiger partial charge in [0.2, 0.25) is 15.9 Å². The second-order valence-corrected chi connectivity index (χ2v) is 7.45. The fourth-order valence-electron chi connectivity index (χ4n) is 2.14. The number of sulfonamides is 1. The maximum absolute atomic E-state index is 12.0. The van der Waals surface area contributed by atoms with Crippen LogP contribution >= 0.6 is 0 Å². The van der Waals surface area contributed by atoms with Crippen LogP contribution in [-0.4, -0.2) is 38.0 Å². The van der Waals surface area contributed by atoms with Gasteiger partial charge in [-0.1, -0.05) is 43.7 Å². The molecule has 0 aromatic heterocycles. The van der Waals surface area contributed by atoms with Gasteiger partial charge in [0.1, 0.15) is 0 Å². The average Bonchev–Trinajstić information content (AvgIpc) is 2.46. The molecule has 0 aliphatic heterocycles. The van der Waals surface area contributed by atoms with Crippen LogP contribution in [0.4, 0.5) is 0 Å². The lowest BCUT2D eigenvalue weighted by Gasteiger charge is -2.20. The molecule has 0 fully saturated rings. The van der Waals surface area contributed by atoms with E-state index in [-0.39, 0.29) is 24.9 Å². The molecule has 0 saturated heterocycles. The monoisotopic (exact) mass is 326 g/mol. The minimum atomic E-state index is -3.26. The van der Waals surface area contributed by atoms with Crippen LogP contribution in [0.1, 0.15) is 44.7 Å². The smallest absolute Gasteiger partial charge is 0.221 e. The molecule has 124 valence electrons. The molecule has 0 bridgehead atoms. The Bertz CT molecular complexity index is 558. The van der Waals surface area contributed by atoms with E-state index in [9.17, 15) is 13.2 Å². The van der Waals surface area contributed by atoms with Crippen molar-refractivity contribution in [1.82, 2.24) is 9.62 Å². The Kier molecular flexibility index (Phi) is 7.55. The first-order valence-corrected chi connectivity index (χ1v) is 9.49. The van der Waals surface area contributed by atoms with Gasteiger partial charge in [0.05, 0.1) is 12.3 Å². The highest BCUT2D eigenvalue weighted by molar-refractivity contribution is 7.88. The molecule has 6 heteroatoms. The standard InChI is InChI=1S/C16H26N2O3S/c1-4-5-12-18(22(3,20)21)13-11-16(19)17-14(2)15-9-7-6-8-10-15/h6-10,14H,4-5,11-13H2,1-3H3,(H,17,19). The van der Waals surface area contributed by atoms with Gasteiger partial charge in [-0.05, 0) is 18.9 Å². The van der Waals surface area contributed by atoms with E-state index in [0.717, 1.165) is 18.4 Å². The van der Waals surface area contributed by atoms with E-state index in [1.165, 1.54) is 10.6 Å². The number of nitrogens with one attached hydrogen (secondary N) is 1. The Morgan fingerprint density at radius 2 is 1.86 bits per heavy atom. The van der Waals surface area contributed by atoms with Crippen molar-refractivity contribution in [3.8, 4) is 0 Å². The highest BCUT2D eigenvalue weighted by atomic mass is 32.2. The molecule has 1 amide bonds. The van der Waals surface area contributed by atoms with Gasteiger partial charge in [-0.3, -0.25) is 4.79 Å². The molecule has 1 unspecified atom stereocenters. The third kappa shape index (κ3) is 6.58. The van der Waals surface area contributed by atoms with E-state index in [0.29, 0.717) is 6.54 Å². The predicted molar refractivity (Wildman–Crippen MR) is 88.9 cm³/mol. The number of nitrogens with zero attached hydrogens (tertiary/aromatic N) is 1. The van der Waals surface area contributed by atoms with Crippen molar-refractivity contribution in [1.29, 1.82) is 0 Å². The molecule has 0 saturated carbocycles. The van der Waals surface area contributed by atoms with Crippen LogP contribution in [-0.2, 0) is 14.8 Å². The zero-order valence-corrected chi connectivity index (χ0v) is 14.4. The Morgan fingerprint density at radius 3 is 2.41 bits per heavy atom. The second-order valence-electron chi connectivity index (χ2n) is 5.47. The first-order valence-electron chi connectivity index (χ1n) is 7.64. The van der Waals surface area contributed by atoms with Gasteiger partial charge < -0.3 is 5.32 Å². The van der Waals surface area contributed by atoms with Crippen LogP contribution in [0.25, 0.3) is 0 Å². The fraction of sp³-hybridized carbons (Fsp3) is 0.562. The minimum absolute atomic E-state index is 0.0870. The van der Waals surface area contributed by atoms with Crippen LogP contribution in [0.5, 0.6) is 0 Å². The summed E-state index contributed by atoms with van der Waals surface area (Å²) in [7, 11) is -3.26. The largest absolute Gasteiger partial charge is 0.350 e. The van der Waals surface area contributed by atoms with Crippen molar-refractivity contribution in [2.75, 3.05) is 19.3 Å². The van der Waals surface area contributed by atoms with Crippen molar-refractivity contribution in [2.24, 2.45) is 0 Å². The first kappa shape index (κ1) is 18.6. The summed E-state index contributed by atoms with van der Waals surface area (Å²) in [6.07, 6.45) is 3.08. The van der Waals surface area contributed by atoms with Crippen molar-refractivity contribution in [3.05, 3.63) is 35.9 Å². The predicted octanol–water partition coefficient (Wildman–Crippen LogP) is 2.32. The Labute approximate surface area is 133 Å². The maximum Gasteiger partial charge on any atom is 0.221 e. The van der Waals surface area contributed by atoms with E-state index < -0.39 is 10.0 Å². The molecule has 0 heterocycles. The SMILES string of the molecule is CCCCN(CCC(=O)NC(C)c1ccccc1)S(C)(=O)=O. The topological polar surface area (TPSA) is 66.5 Å². The van der Waals surface area contributed by atoms with E-state index in [1.807, 2.05) is 44.2 Å².